The Kier molecular flexibility index (Phi) is 6.26. The van der Waals surface area contributed by atoms with Gasteiger partial charge in [0.25, 0.3) is 5.91 Å². The van der Waals surface area contributed by atoms with Crippen LogP contribution in [0.15, 0.2) is 12.1 Å². The van der Waals surface area contributed by atoms with Crippen LogP contribution in [0, 0.1) is 0 Å². The molecule has 2 fully saturated rings. The molecule has 34 heavy (non-hydrogen) atoms. The molecule has 1 N–H and O–H groups in total. The summed E-state index contributed by atoms with van der Waals surface area (Å²) in [4.78, 5) is 35.2. The number of carbonyl (C=O) groups is 2. The van der Waals surface area contributed by atoms with E-state index in [1.165, 1.54) is 16.5 Å². The lowest BCUT2D eigenvalue weighted by atomic mass is 9.91. The van der Waals surface area contributed by atoms with Gasteiger partial charge in [0.05, 0.1) is 17.2 Å². The summed E-state index contributed by atoms with van der Waals surface area (Å²) in [7, 11) is 4.80. The van der Waals surface area contributed by atoms with Crippen LogP contribution in [0.4, 0.5) is 18.9 Å². The van der Waals surface area contributed by atoms with Crippen molar-refractivity contribution in [3.8, 4) is 0 Å². The average Bonchev–Trinajstić information content (AvgIpc) is 3.10. The minimum atomic E-state index is -4.64. The molecule has 1 aromatic carbocycles. The van der Waals surface area contributed by atoms with Crippen LogP contribution in [0.2, 0.25) is 0 Å². The number of amides is 2. The molecule has 186 valence electrons. The number of benzene rings is 1. The quantitative estimate of drug-likeness (QED) is 0.729. The molecule has 0 bridgehead atoms. The first-order valence-corrected chi connectivity index (χ1v) is 11.4. The third-order valence-corrected chi connectivity index (χ3v) is 6.97. The summed E-state index contributed by atoms with van der Waals surface area (Å²) in [5.74, 6) is -0.902. The van der Waals surface area contributed by atoms with Crippen LogP contribution in [0.5, 0.6) is 0 Å². The number of halogens is 3. The van der Waals surface area contributed by atoms with Crippen LogP contribution in [0.25, 0.3) is 11.0 Å². The standard InChI is InChI=1S/C23H30F3N5O3/c1-13-11-31(14-5-7-16(32)8-6-14)19(33)12-30(13)22(34)21-27-20-17(23(24,25)26)9-15(28(2)3)10-18(20)29(21)4/h9-10,13-14,16,32H,5-8,11-12H2,1-4H3. The van der Waals surface area contributed by atoms with Crippen molar-refractivity contribution >= 4 is 28.5 Å². The molecule has 1 aromatic heterocycles. The molecule has 2 heterocycles. The van der Waals surface area contributed by atoms with Gasteiger partial charge in [-0.05, 0) is 44.7 Å². The van der Waals surface area contributed by atoms with Crippen LogP contribution < -0.4 is 4.90 Å². The normalized spacial score (nSPS) is 24.1. The van der Waals surface area contributed by atoms with Gasteiger partial charge in [-0.1, -0.05) is 0 Å². The van der Waals surface area contributed by atoms with E-state index in [0.717, 1.165) is 6.07 Å². The zero-order valence-electron chi connectivity index (χ0n) is 19.8. The Hall–Kier alpha value is -2.82. The van der Waals surface area contributed by atoms with Gasteiger partial charge in [0, 0.05) is 45.5 Å². The fraction of sp³-hybridized carbons (Fsp3) is 0.609. The number of imidazole rings is 1. The second kappa shape index (κ2) is 8.75. The molecule has 1 aliphatic carbocycles. The first-order valence-electron chi connectivity index (χ1n) is 11.4. The van der Waals surface area contributed by atoms with Gasteiger partial charge in [-0.2, -0.15) is 13.2 Å². The van der Waals surface area contributed by atoms with Gasteiger partial charge >= 0.3 is 6.18 Å². The molecule has 0 radical (unpaired) electrons. The molecule has 2 aromatic rings. The van der Waals surface area contributed by atoms with Crippen molar-refractivity contribution in [2.45, 2.75) is 57.0 Å². The molecule has 8 nitrogen and oxygen atoms in total. The number of nitrogens with zero attached hydrogens (tertiary/aromatic N) is 5. The maximum atomic E-state index is 13.8. The molecule has 1 aliphatic heterocycles. The Bertz CT molecular complexity index is 1110. The number of aryl methyl sites for hydroxylation is 1. The molecular weight excluding hydrogens is 451 g/mol. The van der Waals surface area contributed by atoms with E-state index in [0.29, 0.717) is 37.9 Å². The van der Waals surface area contributed by atoms with E-state index < -0.39 is 17.6 Å². The number of carbonyl (C=O) groups excluding carboxylic acids is 2. The maximum Gasteiger partial charge on any atom is 0.418 e. The van der Waals surface area contributed by atoms with E-state index in [1.807, 2.05) is 6.92 Å². The summed E-state index contributed by atoms with van der Waals surface area (Å²) in [6, 6.07) is 2.30. The first-order chi connectivity index (χ1) is 15.9. The number of aliphatic hydroxyl groups is 1. The van der Waals surface area contributed by atoms with Crippen molar-refractivity contribution in [1.82, 2.24) is 19.4 Å². The van der Waals surface area contributed by atoms with Gasteiger partial charge in [-0.25, -0.2) is 4.98 Å². The van der Waals surface area contributed by atoms with Crippen LogP contribution >= 0.6 is 0 Å². The number of aromatic nitrogens is 2. The van der Waals surface area contributed by atoms with Crippen molar-refractivity contribution < 1.29 is 27.9 Å². The molecule has 1 saturated heterocycles. The summed E-state index contributed by atoms with van der Waals surface area (Å²) >= 11 is 0. The van der Waals surface area contributed by atoms with Crippen molar-refractivity contribution in [3.63, 3.8) is 0 Å². The molecule has 2 aliphatic rings. The predicted molar refractivity (Wildman–Crippen MR) is 121 cm³/mol. The highest BCUT2D eigenvalue weighted by Gasteiger charge is 2.40. The number of fused-ring (bicyclic) bond motifs is 1. The van der Waals surface area contributed by atoms with Crippen molar-refractivity contribution in [2.24, 2.45) is 7.05 Å². The number of hydrogen-bond acceptors (Lipinski definition) is 5. The largest absolute Gasteiger partial charge is 0.418 e. The molecule has 1 atom stereocenters. The Morgan fingerprint density at radius 1 is 1.18 bits per heavy atom. The van der Waals surface area contributed by atoms with E-state index in [1.54, 1.807) is 30.0 Å². The monoisotopic (exact) mass is 481 g/mol. The Balaban J connectivity index is 1.64. The van der Waals surface area contributed by atoms with Crippen molar-refractivity contribution in [1.29, 1.82) is 0 Å². The van der Waals surface area contributed by atoms with Crippen LogP contribution in [0.3, 0.4) is 0 Å². The SMILES string of the molecule is CC1CN(C2CCC(O)CC2)C(=O)CN1C(=O)c1nc2c(C(F)(F)F)cc(N(C)C)cc2n1C. The summed E-state index contributed by atoms with van der Waals surface area (Å²) in [5, 5.41) is 9.75. The summed E-state index contributed by atoms with van der Waals surface area (Å²) in [6.07, 6.45) is -2.26. The minimum Gasteiger partial charge on any atom is -0.393 e. The average molecular weight is 482 g/mol. The summed E-state index contributed by atoms with van der Waals surface area (Å²) in [6.45, 7) is 2.01. The fourth-order valence-corrected chi connectivity index (χ4v) is 4.94. The van der Waals surface area contributed by atoms with Gasteiger partial charge < -0.3 is 24.4 Å². The maximum absolute atomic E-state index is 13.8. The topological polar surface area (TPSA) is 81.9 Å². The van der Waals surface area contributed by atoms with Gasteiger partial charge in [-0.3, -0.25) is 9.59 Å². The lowest BCUT2D eigenvalue weighted by Gasteiger charge is -2.44. The highest BCUT2D eigenvalue weighted by atomic mass is 19.4. The highest BCUT2D eigenvalue weighted by molar-refractivity contribution is 5.98. The van der Waals surface area contributed by atoms with Crippen LogP contribution in [-0.2, 0) is 18.0 Å². The number of anilines is 1. The van der Waals surface area contributed by atoms with Crippen LogP contribution in [0.1, 0.15) is 48.8 Å². The molecule has 4 rings (SSSR count). The molecular formula is C23H30F3N5O3. The molecule has 2 amide bonds. The first kappa shape index (κ1) is 24.3. The molecule has 0 spiro atoms. The minimum absolute atomic E-state index is 0.0325. The van der Waals surface area contributed by atoms with E-state index in [-0.39, 0.29) is 47.5 Å². The third kappa shape index (κ3) is 4.33. The highest BCUT2D eigenvalue weighted by Crippen LogP contribution is 2.37. The summed E-state index contributed by atoms with van der Waals surface area (Å²) < 4.78 is 42.7. The smallest absolute Gasteiger partial charge is 0.393 e. The van der Waals surface area contributed by atoms with Gasteiger partial charge in [0.15, 0.2) is 5.82 Å². The van der Waals surface area contributed by atoms with Crippen molar-refractivity contribution in [3.05, 3.63) is 23.5 Å². The molecule has 1 unspecified atom stereocenters. The second-order valence-electron chi connectivity index (χ2n) is 9.54. The van der Waals surface area contributed by atoms with Crippen LogP contribution in [-0.4, -0.2) is 81.6 Å². The van der Waals surface area contributed by atoms with E-state index in [4.69, 9.17) is 0 Å². The predicted octanol–water partition coefficient (Wildman–Crippen LogP) is 2.63. The lowest BCUT2D eigenvalue weighted by molar-refractivity contribution is -0.141. The third-order valence-electron chi connectivity index (χ3n) is 6.97. The number of aliphatic hydroxyl groups excluding tert-OH is 1. The number of rotatable bonds is 3. The Morgan fingerprint density at radius 3 is 2.41 bits per heavy atom. The van der Waals surface area contributed by atoms with E-state index >= 15 is 0 Å². The van der Waals surface area contributed by atoms with Crippen molar-refractivity contribution in [2.75, 3.05) is 32.1 Å². The lowest BCUT2D eigenvalue weighted by Crippen LogP contribution is -2.60. The zero-order chi connectivity index (χ0) is 24.9. The number of alkyl halides is 3. The van der Waals surface area contributed by atoms with Gasteiger partial charge in [0.2, 0.25) is 5.91 Å². The fourth-order valence-electron chi connectivity index (χ4n) is 4.94. The van der Waals surface area contributed by atoms with E-state index in [9.17, 15) is 27.9 Å². The second-order valence-corrected chi connectivity index (χ2v) is 9.54. The Labute approximate surface area is 195 Å². The number of piperazine rings is 1. The number of hydrogen-bond donors (Lipinski definition) is 1. The van der Waals surface area contributed by atoms with E-state index in [2.05, 4.69) is 4.98 Å². The molecule has 1 saturated carbocycles. The summed E-state index contributed by atoms with van der Waals surface area (Å²) in [5.41, 5.74) is -0.657. The zero-order valence-corrected chi connectivity index (χ0v) is 19.8. The van der Waals surface area contributed by atoms with Gasteiger partial charge in [0.1, 0.15) is 12.1 Å². The Morgan fingerprint density at radius 2 is 1.82 bits per heavy atom. The molecule has 11 heteroatoms. The van der Waals surface area contributed by atoms with Gasteiger partial charge in [-0.15, -0.1) is 0 Å².